The molecule has 1 aromatic carbocycles. The van der Waals surface area contributed by atoms with Crippen LogP contribution in [0, 0.1) is 5.92 Å². The van der Waals surface area contributed by atoms with Gasteiger partial charge in [-0.25, -0.2) is 0 Å². The van der Waals surface area contributed by atoms with Gasteiger partial charge in [-0.05, 0) is 31.7 Å². The summed E-state index contributed by atoms with van der Waals surface area (Å²) in [6, 6.07) is 7.75. The number of ether oxygens (including phenoxy) is 2. The molecule has 3 aliphatic heterocycles. The topological polar surface area (TPSA) is 88.0 Å². The largest absolute Gasteiger partial charge is 0.493 e. The van der Waals surface area contributed by atoms with Crippen molar-refractivity contribution in [3.63, 3.8) is 0 Å². The van der Waals surface area contributed by atoms with Crippen molar-refractivity contribution >= 4 is 13.0 Å². The lowest BCUT2D eigenvalue weighted by Crippen LogP contribution is -2.50. The van der Waals surface area contributed by atoms with Gasteiger partial charge in [0, 0.05) is 11.5 Å². The van der Waals surface area contributed by atoms with Gasteiger partial charge < -0.3 is 24.8 Å². The smallest absolute Gasteiger partial charge is 0.475 e. The number of carbonyl (C=O) groups is 1. The summed E-state index contributed by atoms with van der Waals surface area (Å²) in [5.74, 6) is -0.132. The molecule has 2 fully saturated rings. The van der Waals surface area contributed by atoms with Crippen LogP contribution >= 0.6 is 0 Å². The van der Waals surface area contributed by atoms with E-state index in [1.807, 2.05) is 24.3 Å². The lowest BCUT2D eigenvalue weighted by molar-refractivity contribution is -0.127. The van der Waals surface area contributed by atoms with Crippen LogP contribution in [0.2, 0.25) is 0 Å². The lowest BCUT2D eigenvalue weighted by Gasteiger charge is -2.24. The maximum absolute atomic E-state index is 12.5. The van der Waals surface area contributed by atoms with Gasteiger partial charge in [-0.15, -0.1) is 0 Å². The lowest BCUT2D eigenvalue weighted by atomic mass is 9.73. The Hall–Kier alpha value is -1.57. The van der Waals surface area contributed by atoms with E-state index in [-0.39, 0.29) is 30.0 Å². The first-order chi connectivity index (χ1) is 11.6. The zero-order chi connectivity index (χ0) is 16.7. The van der Waals surface area contributed by atoms with Crippen molar-refractivity contribution in [1.29, 1.82) is 0 Å². The third kappa shape index (κ3) is 2.92. The maximum Gasteiger partial charge on any atom is 0.475 e. The predicted octanol–water partition coefficient (Wildman–Crippen LogP) is 0.617. The van der Waals surface area contributed by atoms with E-state index in [0.717, 1.165) is 30.6 Å². The summed E-state index contributed by atoms with van der Waals surface area (Å²) in [5, 5.41) is 22.3. The molecule has 2 bridgehead atoms. The van der Waals surface area contributed by atoms with E-state index in [2.05, 4.69) is 5.32 Å². The number of fused-ring (bicyclic) bond motifs is 3. The Morgan fingerprint density at radius 2 is 2.17 bits per heavy atom. The van der Waals surface area contributed by atoms with Gasteiger partial charge in [0.2, 0.25) is 5.91 Å². The average molecular weight is 331 g/mol. The molecule has 3 aliphatic rings. The minimum atomic E-state index is -1.60. The second kappa shape index (κ2) is 6.39. The van der Waals surface area contributed by atoms with Crippen molar-refractivity contribution in [2.75, 3.05) is 6.61 Å². The molecular weight excluding hydrogens is 309 g/mol. The van der Waals surface area contributed by atoms with Gasteiger partial charge in [0.25, 0.3) is 0 Å². The average Bonchev–Trinajstić information content (AvgIpc) is 3.29. The van der Waals surface area contributed by atoms with Crippen molar-refractivity contribution in [3.05, 3.63) is 29.8 Å². The first-order valence-electron chi connectivity index (χ1n) is 8.65. The fourth-order valence-electron chi connectivity index (χ4n) is 4.19. The number of amides is 1. The molecule has 0 radical (unpaired) electrons. The maximum atomic E-state index is 12.5. The molecule has 4 rings (SSSR count). The quantitative estimate of drug-likeness (QED) is 0.689. The molecule has 1 amide bonds. The SMILES string of the molecule is O=C(N[C@@H](C[C@H]1COc2ccccc21)B(O)O)[C@@H]1C[C@@H]2CC[C@H]1O2. The number of hydrogen-bond acceptors (Lipinski definition) is 5. The van der Waals surface area contributed by atoms with Crippen molar-refractivity contribution in [3.8, 4) is 5.75 Å². The molecule has 24 heavy (non-hydrogen) atoms. The molecule has 7 heteroatoms. The minimum absolute atomic E-state index is 0.0120. The summed E-state index contributed by atoms with van der Waals surface area (Å²) in [6.45, 7) is 0.496. The standard InChI is InChI=1S/C17H22BNO5/c20-17(13-8-11-5-6-15(13)24-11)19-16(18(21)22)7-10-9-23-14-4-2-1-3-12(10)14/h1-4,10-11,13,15-16,21-22H,5-9H2,(H,19,20)/t10-,11-,13+,15+,16-/m0/s1. The molecule has 0 spiro atoms. The number of hydrogen-bond donors (Lipinski definition) is 3. The predicted molar refractivity (Wildman–Crippen MR) is 87.4 cm³/mol. The Bertz CT molecular complexity index is 625. The molecule has 5 atom stereocenters. The molecule has 0 unspecified atom stereocenters. The van der Waals surface area contributed by atoms with Crippen LogP contribution in [0.3, 0.4) is 0 Å². The summed E-state index contributed by atoms with van der Waals surface area (Å²) in [5.41, 5.74) is 1.06. The van der Waals surface area contributed by atoms with Gasteiger partial charge in [-0.3, -0.25) is 4.79 Å². The summed E-state index contributed by atoms with van der Waals surface area (Å²) in [7, 11) is -1.60. The summed E-state index contributed by atoms with van der Waals surface area (Å²) >= 11 is 0. The van der Waals surface area contributed by atoms with E-state index in [4.69, 9.17) is 9.47 Å². The molecule has 0 aromatic heterocycles. The van der Waals surface area contributed by atoms with Gasteiger partial charge >= 0.3 is 7.12 Å². The number of nitrogens with one attached hydrogen (secondary N) is 1. The second-order valence-electron chi connectivity index (χ2n) is 7.03. The highest BCUT2D eigenvalue weighted by Crippen LogP contribution is 2.39. The number of rotatable bonds is 5. The van der Waals surface area contributed by atoms with Gasteiger partial charge in [0.1, 0.15) is 5.75 Å². The first-order valence-corrected chi connectivity index (χ1v) is 8.65. The van der Waals surface area contributed by atoms with Crippen LogP contribution in [0.25, 0.3) is 0 Å². The number of benzene rings is 1. The highest BCUT2D eigenvalue weighted by molar-refractivity contribution is 6.43. The normalized spacial score (nSPS) is 31.4. The van der Waals surface area contributed by atoms with Crippen LogP contribution in [-0.2, 0) is 9.53 Å². The van der Waals surface area contributed by atoms with E-state index in [0.29, 0.717) is 13.0 Å². The van der Waals surface area contributed by atoms with Gasteiger partial charge in [-0.2, -0.15) is 0 Å². The molecule has 0 saturated carbocycles. The first kappa shape index (κ1) is 15.9. The van der Waals surface area contributed by atoms with Crippen LogP contribution in [-0.4, -0.2) is 47.8 Å². The Morgan fingerprint density at radius 1 is 1.33 bits per heavy atom. The van der Waals surface area contributed by atoms with Gasteiger partial charge in [0.05, 0.1) is 30.7 Å². The van der Waals surface area contributed by atoms with Crippen LogP contribution in [0.15, 0.2) is 24.3 Å². The minimum Gasteiger partial charge on any atom is -0.493 e. The van der Waals surface area contributed by atoms with Gasteiger partial charge in [0.15, 0.2) is 0 Å². The van der Waals surface area contributed by atoms with Crippen molar-refractivity contribution in [1.82, 2.24) is 5.32 Å². The van der Waals surface area contributed by atoms with Crippen molar-refractivity contribution in [2.45, 2.75) is 49.8 Å². The van der Waals surface area contributed by atoms with Crippen LogP contribution in [0.1, 0.15) is 37.2 Å². The van der Waals surface area contributed by atoms with Gasteiger partial charge in [-0.1, -0.05) is 18.2 Å². The van der Waals surface area contributed by atoms with Crippen molar-refractivity contribution in [2.24, 2.45) is 5.92 Å². The fourth-order valence-corrected chi connectivity index (χ4v) is 4.19. The van der Waals surface area contributed by atoms with Crippen LogP contribution < -0.4 is 10.1 Å². The number of carbonyl (C=O) groups excluding carboxylic acids is 1. The highest BCUT2D eigenvalue weighted by Gasteiger charge is 2.45. The molecule has 2 saturated heterocycles. The summed E-state index contributed by atoms with van der Waals surface area (Å²) < 4.78 is 11.4. The van der Waals surface area contributed by atoms with E-state index < -0.39 is 13.1 Å². The fraction of sp³-hybridized carbons (Fsp3) is 0.588. The van der Waals surface area contributed by atoms with E-state index in [1.54, 1.807) is 0 Å². The molecule has 3 heterocycles. The Labute approximate surface area is 141 Å². The number of para-hydroxylation sites is 1. The Morgan fingerprint density at radius 3 is 2.88 bits per heavy atom. The third-order valence-corrected chi connectivity index (χ3v) is 5.47. The van der Waals surface area contributed by atoms with Crippen LogP contribution in [0.4, 0.5) is 0 Å². The second-order valence-corrected chi connectivity index (χ2v) is 7.03. The summed E-state index contributed by atoms with van der Waals surface area (Å²) in [4.78, 5) is 12.5. The molecule has 6 nitrogen and oxygen atoms in total. The molecule has 1 aromatic rings. The Kier molecular flexibility index (Phi) is 4.24. The molecule has 3 N–H and O–H groups in total. The zero-order valence-corrected chi connectivity index (χ0v) is 13.4. The van der Waals surface area contributed by atoms with Crippen molar-refractivity contribution < 1.29 is 24.3 Å². The Balaban J connectivity index is 1.41. The summed E-state index contributed by atoms with van der Waals surface area (Å²) in [6.07, 6.45) is 3.29. The monoisotopic (exact) mass is 331 g/mol. The molecular formula is C17H22BNO5. The third-order valence-electron chi connectivity index (χ3n) is 5.47. The van der Waals surface area contributed by atoms with E-state index >= 15 is 0 Å². The molecule has 0 aliphatic carbocycles. The molecule has 128 valence electrons. The van der Waals surface area contributed by atoms with Crippen LogP contribution in [0.5, 0.6) is 5.75 Å². The zero-order valence-electron chi connectivity index (χ0n) is 13.4. The van der Waals surface area contributed by atoms with E-state index in [9.17, 15) is 14.8 Å². The highest BCUT2D eigenvalue weighted by atomic mass is 16.5. The van der Waals surface area contributed by atoms with E-state index in [1.165, 1.54) is 0 Å².